The van der Waals surface area contributed by atoms with Crippen LogP contribution in [0, 0.1) is 5.82 Å². The van der Waals surface area contributed by atoms with Gasteiger partial charge in [0.2, 0.25) is 0 Å². The highest BCUT2D eigenvalue weighted by atomic mass is 32.2. The number of hydrogen-bond acceptors (Lipinski definition) is 8. The molecule has 1 aliphatic heterocycles. The largest absolute Gasteiger partial charge is 0.379 e. The number of carbonyl (C=O) groups is 1. The van der Waals surface area contributed by atoms with E-state index in [0.717, 1.165) is 68.6 Å². The second-order valence-electron chi connectivity index (χ2n) is 9.69. The molecule has 3 aromatic rings. The molecule has 0 saturated carbocycles. The molecule has 2 N–H and O–H groups in total. The molecule has 1 aliphatic rings. The Kier molecular flexibility index (Phi) is 8.26. The Balaban J connectivity index is 1.54. The number of rotatable bonds is 9. The van der Waals surface area contributed by atoms with Crippen molar-refractivity contribution in [3.05, 3.63) is 64.5 Å². The third-order valence-corrected chi connectivity index (χ3v) is 9.25. The lowest BCUT2D eigenvalue weighted by atomic mass is 10.0. The van der Waals surface area contributed by atoms with Crippen LogP contribution in [-0.2, 0) is 32.3 Å². The summed E-state index contributed by atoms with van der Waals surface area (Å²) >= 11 is 0. The molecule has 38 heavy (non-hydrogen) atoms. The molecule has 204 valence electrons. The van der Waals surface area contributed by atoms with Gasteiger partial charge in [-0.25, -0.2) is 23.3 Å². The van der Waals surface area contributed by atoms with Crippen molar-refractivity contribution in [2.45, 2.75) is 31.1 Å². The van der Waals surface area contributed by atoms with Crippen molar-refractivity contribution in [3.63, 3.8) is 0 Å². The van der Waals surface area contributed by atoms with E-state index in [2.05, 4.69) is 9.88 Å². The molecule has 1 saturated heterocycles. The number of hydroxylamine groups is 1. The first-order chi connectivity index (χ1) is 18.0. The second kappa shape index (κ2) is 11.3. The number of halogens is 1. The Morgan fingerprint density at radius 3 is 2.50 bits per heavy atom. The van der Waals surface area contributed by atoms with Gasteiger partial charge in [0, 0.05) is 38.0 Å². The lowest BCUT2D eigenvalue weighted by molar-refractivity contribution is -0.131. The number of nitrogens with one attached hydrogen (secondary N) is 1. The van der Waals surface area contributed by atoms with Crippen LogP contribution in [0.25, 0.3) is 22.0 Å². The zero-order valence-electron chi connectivity index (χ0n) is 21.3. The molecule has 0 radical (unpaired) electrons. The fourth-order valence-electron chi connectivity index (χ4n) is 4.44. The van der Waals surface area contributed by atoms with E-state index in [4.69, 9.17) is 9.94 Å². The standard InChI is InChI=1S/C26H31FN4O6S/c1-26(25(33)29-34,38(2,35)36)8-10-31-17-28-23-16-20(22(27)15-21(23)24(31)32)19-5-3-18(4-6-19)7-9-30-11-13-37-14-12-30/h3-6,15-17,34H,7-14H2,1-2H3,(H,29,33). The van der Waals surface area contributed by atoms with Gasteiger partial charge in [-0.15, -0.1) is 0 Å². The summed E-state index contributed by atoms with van der Waals surface area (Å²) in [6.45, 7) is 5.24. The Morgan fingerprint density at radius 1 is 1.18 bits per heavy atom. The van der Waals surface area contributed by atoms with Crippen molar-refractivity contribution < 1.29 is 27.5 Å². The van der Waals surface area contributed by atoms with Crippen molar-refractivity contribution in [2.24, 2.45) is 0 Å². The van der Waals surface area contributed by atoms with Crippen LogP contribution in [0.2, 0.25) is 0 Å². The molecule has 2 heterocycles. The van der Waals surface area contributed by atoms with E-state index >= 15 is 4.39 Å². The molecule has 2 aromatic carbocycles. The van der Waals surface area contributed by atoms with Crippen LogP contribution in [0.1, 0.15) is 18.9 Å². The molecule has 12 heteroatoms. The molecule has 0 spiro atoms. The molecule has 1 atom stereocenters. The SMILES string of the molecule is CC(CCn1cnc2cc(-c3ccc(CCN4CCOCC4)cc3)c(F)cc2c1=O)(C(=O)NO)S(C)(=O)=O. The van der Waals surface area contributed by atoms with E-state index in [1.807, 2.05) is 24.3 Å². The highest BCUT2D eigenvalue weighted by molar-refractivity contribution is 7.92. The maximum Gasteiger partial charge on any atom is 0.264 e. The van der Waals surface area contributed by atoms with Crippen molar-refractivity contribution in [1.82, 2.24) is 19.9 Å². The van der Waals surface area contributed by atoms with Crippen LogP contribution in [0.15, 0.2) is 47.5 Å². The first-order valence-corrected chi connectivity index (χ1v) is 14.1. The Bertz CT molecular complexity index is 1490. The number of nitrogens with zero attached hydrogens (tertiary/aromatic N) is 3. The fourth-order valence-corrected chi connectivity index (χ4v) is 5.29. The topological polar surface area (TPSA) is 131 Å². The van der Waals surface area contributed by atoms with Gasteiger partial charge in [0.05, 0.1) is 30.4 Å². The number of fused-ring (bicyclic) bond motifs is 1. The van der Waals surface area contributed by atoms with E-state index in [-0.39, 0.29) is 23.9 Å². The van der Waals surface area contributed by atoms with Gasteiger partial charge in [-0.2, -0.15) is 0 Å². The van der Waals surface area contributed by atoms with Crippen LogP contribution < -0.4 is 11.0 Å². The van der Waals surface area contributed by atoms with Crippen LogP contribution in [0.4, 0.5) is 4.39 Å². The highest BCUT2D eigenvalue weighted by Crippen LogP contribution is 2.27. The smallest absolute Gasteiger partial charge is 0.264 e. The average Bonchev–Trinajstić information content (AvgIpc) is 2.91. The molecule has 1 unspecified atom stereocenters. The van der Waals surface area contributed by atoms with Gasteiger partial charge in [-0.3, -0.25) is 24.3 Å². The number of hydrogen-bond donors (Lipinski definition) is 2. The Morgan fingerprint density at radius 2 is 1.87 bits per heavy atom. The normalized spacial score (nSPS) is 16.3. The molecule has 10 nitrogen and oxygen atoms in total. The number of aryl methyl sites for hydroxylation is 1. The van der Waals surface area contributed by atoms with E-state index in [9.17, 15) is 18.0 Å². The van der Waals surface area contributed by atoms with Crippen LogP contribution in [-0.4, -0.2) is 77.8 Å². The molecule has 4 rings (SSSR count). The number of ether oxygens (including phenoxy) is 1. The summed E-state index contributed by atoms with van der Waals surface area (Å²) in [6.07, 6.45) is 2.68. The maximum atomic E-state index is 15.1. The average molecular weight is 547 g/mol. The van der Waals surface area contributed by atoms with Crippen LogP contribution in [0.3, 0.4) is 0 Å². The zero-order chi connectivity index (χ0) is 27.5. The summed E-state index contributed by atoms with van der Waals surface area (Å²) < 4.78 is 44.0. The van der Waals surface area contributed by atoms with Crippen molar-refractivity contribution >= 4 is 26.6 Å². The summed E-state index contributed by atoms with van der Waals surface area (Å²) in [6, 6.07) is 10.3. The molecular formula is C26H31FN4O6S. The summed E-state index contributed by atoms with van der Waals surface area (Å²) in [5.41, 5.74) is 3.20. The number of benzene rings is 2. The Labute approximate surface area is 219 Å². The Hall–Kier alpha value is -3.19. The van der Waals surface area contributed by atoms with E-state index in [0.29, 0.717) is 11.1 Å². The number of morpholine rings is 1. The molecule has 0 aliphatic carbocycles. The maximum absolute atomic E-state index is 15.1. The van der Waals surface area contributed by atoms with Gasteiger partial charge in [0.25, 0.3) is 11.5 Å². The summed E-state index contributed by atoms with van der Waals surface area (Å²) in [5.74, 6) is -1.69. The minimum atomic E-state index is -3.93. The third-order valence-electron chi connectivity index (χ3n) is 7.23. The van der Waals surface area contributed by atoms with Gasteiger partial charge in [0.15, 0.2) is 14.6 Å². The predicted octanol–water partition coefficient (Wildman–Crippen LogP) is 1.78. The first-order valence-electron chi connectivity index (χ1n) is 12.3. The second-order valence-corrected chi connectivity index (χ2v) is 12.1. The van der Waals surface area contributed by atoms with Crippen molar-refractivity contribution in [1.29, 1.82) is 0 Å². The third kappa shape index (κ3) is 5.78. The fraction of sp³-hybridized carbons (Fsp3) is 0.423. The van der Waals surface area contributed by atoms with E-state index in [1.54, 1.807) is 0 Å². The monoisotopic (exact) mass is 546 g/mol. The van der Waals surface area contributed by atoms with Gasteiger partial charge < -0.3 is 4.74 Å². The minimum Gasteiger partial charge on any atom is -0.379 e. The lowest BCUT2D eigenvalue weighted by Gasteiger charge is -2.26. The summed E-state index contributed by atoms with van der Waals surface area (Å²) in [7, 11) is -3.93. The molecule has 1 fully saturated rings. The number of aromatic nitrogens is 2. The molecule has 1 aromatic heterocycles. The van der Waals surface area contributed by atoms with Crippen molar-refractivity contribution in [2.75, 3.05) is 39.1 Å². The summed E-state index contributed by atoms with van der Waals surface area (Å²) in [5, 5.41) is 9.01. The number of sulfone groups is 1. The zero-order valence-corrected chi connectivity index (χ0v) is 22.1. The van der Waals surface area contributed by atoms with Gasteiger partial charge >= 0.3 is 0 Å². The van der Waals surface area contributed by atoms with Gasteiger partial charge in [-0.1, -0.05) is 24.3 Å². The number of carbonyl (C=O) groups excluding carboxylic acids is 1. The first kappa shape index (κ1) is 27.8. The molecule has 0 bridgehead atoms. The minimum absolute atomic E-state index is 0.0311. The predicted molar refractivity (Wildman–Crippen MR) is 140 cm³/mol. The molecular weight excluding hydrogens is 515 g/mol. The highest BCUT2D eigenvalue weighted by Gasteiger charge is 2.43. The lowest BCUT2D eigenvalue weighted by Crippen LogP contribution is -2.50. The van der Waals surface area contributed by atoms with Gasteiger partial charge in [-0.05, 0) is 43.0 Å². The van der Waals surface area contributed by atoms with Gasteiger partial charge in [0.1, 0.15) is 5.82 Å². The quantitative estimate of drug-likeness (QED) is 0.307. The van der Waals surface area contributed by atoms with E-state index in [1.165, 1.54) is 17.9 Å². The van der Waals surface area contributed by atoms with E-state index < -0.39 is 31.9 Å². The van der Waals surface area contributed by atoms with Crippen molar-refractivity contribution in [3.8, 4) is 11.1 Å². The van der Waals surface area contributed by atoms with Crippen LogP contribution >= 0.6 is 0 Å². The summed E-state index contributed by atoms with van der Waals surface area (Å²) in [4.78, 5) is 31.7. The molecule has 1 amide bonds. The van der Waals surface area contributed by atoms with Crippen LogP contribution in [0.5, 0.6) is 0 Å². The number of amides is 1.